The predicted octanol–water partition coefficient (Wildman–Crippen LogP) is 2.93. The van der Waals surface area contributed by atoms with E-state index >= 15 is 0 Å². The van der Waals surface area contributed by atoms with Crippen molar-refractivity contribution in [2.75, 3.05) is 0 Å². The van der Waals surface area contributed by atoms with Crippen molar-refractivity contribution < 1.29 is 0 Å². The SMILES string of the molecule is C=C1NC(C)CC(C)(C)CC1C. The van der Waals surface area contributed by atoms with Crippen LogP contribution in [0.3, 0.4) is 0 Å². The van der Waals surface area contributed by atoms with Crippen molar-refractivity contribution in [1.29, 1.82) is 0 Å². The lowest BCUT2D eigenvalue weighted by molar-refractivity contribution is 0.275. The van der Waals surface area contributed by atoms with E-state index in [-0.39, 0.29) is 0 Å². The summed E-state index contributed by atoms with van der Waals surface area (Å²) in [6, 6.07) is 0.581. The monoisotopic (exact) mass is 167 g/mol. The van der Waals surface area contributed by atoms with Crippen LogP contribution in [0.15, 0.2) is 12.3 Å². The van der Waals surface area contributed by atoms with Crippen molar-refractivity contribution in [1.82, 2.24) is 5.32 Å². The summed E-state index contributed by atoms with van der Waals surface area (Å²) in [6.07, 6.45) is 2.50. The Hall–Kier alpha value is -0.460. The molecule has 0 aromatic carbocycles. The van der Waals surface area contributed by atoms with E-state index < -0.39 is 0 Å². The van der Waals surface area contributed by atoms with Crippen LogP contribution in [0.5, 0.6) is 0 Å². The Labute approximate surface area is 76.2 Å². The average molecular weight is 167 g/mol. The van der Waals surface area contributed by atoms with E-state index in [4.69, 9.17) is 0 Å². The van der Waals surface area contributed by atoms with Gasteiger partial charge in [-0.3, -0.25) is 0 Å². The van der Waals surface area contributed by atoms with Gasteiger partial charge in [0, 0.05) is 11.7 Å². The second-order valence-electron chi connectivity index (χ2n) is 5.04. The molecule has 1 heterocycles. The quantitative estimate of drug-likeness (QED) is 0.585. The molecule has 0 aliphatic carbocycles. The van der Waals surface area contributed by atoms with Crippen LogP contribution in [0.1, 0.15) is 40.5 Å². The minimum absolute atomic E-state index is 0.464. The standard InChI is InChI=1S/C11H21N/c1-8-6-11(4,5)7-9(2)12-10(8)3/h8-9,12H,3,6-7H2,1-2,4-5H3. The third-order valence-corrected chi connectivity index (χ3v) is 2.74. The summed E-state index contributed by atoms with van der Waals surface area (Å²) in [5.41, 5.74) is 1.68. The molecule has 0 spiro atoms. The Morgan fingerprint density at radius 2 is 1.92 bits per heavy atom. The van der Waals surface area contributed by atoms with Crippen LogP contribution in [-0.4, -0.2) is 6.04 Å². The number of hydrogen-bond acceptors (Lipinski definition) is 1. The summed E-state index contributed by atoms with van der Waals surface area (Å²) >= 11 is 0. The molecule has 0 radical (unpaired) electrons. The van der Waals surface area contributed by atoms with E-state index in [2.05, 4.69) is 39.6 Å². The fourth-order valence-electron chi connectivity index (χ4n) is 2.37. The van der Waals surface area contributed by atoms with E-state index in [0.717, 1.165) is 0 Å². The maximum atomic E-state index is 4.06. The van der Waals surface area contributed by atoms with Gasteiger partial charge in [0.25, 0.3) is 0 Å². The van der Waals surface area contributed by atoms with Gasteiger partial charge in [0.1, 0.15) is 0 Å². The van der Waals surface area contributed by atoms with Crippen LogP contribution >= 0.6 is 0 Å². The molecule has 1 heteroatoms. The number of rotatable bonds is 0. The summed E-state index contributed by atoms with van der Waals surface area (Å²) in [6.45, 7) is 13.3. The maximum absolute atomic E-state index is 4.06. The molecule has 70 valence electrons. The first kappa shape index (κ1) is 9.63. The second-order valence-corrected chi connectivity index (χ2v) is 5.04. The molecule has 1 nitrogen and oxygen atoms in total. The van der Waals surface area contributed by atoms with Crippen molar-refractivity contribution in [3.8, 4) is 0 Å². The van der Waals surface area contributed by atoms with E-state index in [9.17, 15) is 0 Å². The molecule has 2 unspecified atom stereocenters. The van der Waals surface area contributed by atoms with Gasteiger partial charge in [-0.25, -0.2) is 0 Å². The van der Waals surface area contributed by atoms with Gasteiger partial charge in [0.15, 0.2) is 0 Å². The van der Waals surface area contributed by atoms with Crippen LogP contribution in [0.25, 0.3) is 0 Å². The zero-order valence-corrected chi connectivity index (χ0v) is 8.78. The molecule has 2 atom stereocenters. The summed E-state index contributed by atoms with van der Waals surface area (Å²) in [5.74, 6) is 0.616. The summed E-state index contributed by atoms with van der Waals surface area (Å²) in [5, 5.41) is 3.45. The van der Waals surface area contributed by atoms with Crippen LogP contribution in [0, 0.1) is 11.3 Å². The highest BCUT2D eigenvalue weighted by atomic mass is 14.9. The first-order valence-electron chi connectivity index (χ1n) is 4.86. The van der Waals surface area contributed by atoms with Gasteiger partial charge in [0.2, 0.25) is 0 Å². The first-order valence-corrected chi connectivity index (χ1v) is 4.86. The zero-order chi connectivity index (χ0) is 9.35. The topological polar surface area (TPSA) is 12.0 Å². The van der Waals surface area contributed by atoms with Crippen LogP contribution < -0.4 is 5.32 Å². The summed E-state index contributed by atoms with van der Waals surface area (Å²) in [4.78, 5) is 0. The third-order valence-electron chi connectivity index (χ3n) is 2.74. The first-order chi connectivity index (χ1) is 5.41. The molecule has 1 aliphatic rings. The lowest BCUT2D eigenvalue weighted by Gasteiger charge is -2.25. The molecule has 12 heavy (non-hydrogen) atoms. The smallest absolute Gasteiger partial charge is 0.0234 e. The highest BCUT2D eigenvalue weighted by Gasteiger charge is 2.28. The lowest BCUT2D eigenvalue weighted by atomic mass is 9.80. The molecule has 1 aliphatic heterocycles. The van der Waals surface area contributed by atoms with Crippen molar-refractivity contribution >= 4 is 0 Å². The Morgan fingerprint density at radius 1 is 1.33 bits per heavy atom. The number of hydrogen-bond donors (Lipinski definition) is 1. The van der Waals surface area contributed by atoms with Gasteiger partial charge < -0.3 is 5.32 Å². The van der Waals surface area contributed by atoms with Crippen LogP contribution in [0.4, 0.5) is 0 Å². The Balaban J connectivity index is 2.73. The molecule has 1 N–H and O–H groups in total. The van der Waals surface area contributed by atoms with Crippen molar-refractivity contribution in [3.63, 3.8) is 0 Å². The molecule has 0 aromatic rings. The van der Waals surface area contributed by atoms with E-state index in [1.54, 1.807) is 0 Å². The number of allylic oxidation sites excluding steroid dienone is 1. The summed E-state index contributed by atoms with van der Waals surface area (Å²) in [7, 11) is 0. The predicted molar refractivity (Wildman–Crippen MR) is 53.9 cm³/mol. The van der Waals surface area contributed by atoms with Gasteiger partial charge in [-0.1, -0.05) is 27.4 Å². The molecule has 0 bridgehead atoms. The average Bonchev–Trinajstić information content (AvgIpc) is 1.89. The van der Waals surface area contributed by atoms with E-state index in [1.165, 1.54) is 18.5 Å². The van der Waals surface area contributed by atoms with Crippen molar-refractivity contribution in [3.05, 3.63) is 12.3 Å². The third kappa shape index (κ3) is 2.26. The molecule has 0 aromatic heterocycles. The Kier molecular flexibility index (Phi) is 2.50. The largest absolute Gasteiger partial charge is 0.386 e. The molecule has 0 amide bonds. The van der Waals surface area contributed by atoms with Crippen molar-refractivity contribution in [2.24, 2.45) is 11.3 Å². The Morgan fingerprint density at radius 3 is 2.50 bits per heavy atom. The fourth-order valence-corrected chi connectivity index (χ4v) is 2.37. The molecule has 1 fully saturated rings. The van der Waals surface area contributed by atoms with Crippen LogP contribution in [0.2, 0.25) is 0 Å². The fraction of sp³-hybridized carbons (Fsp3) is 0.818. The second kappa shape index (κ2) is 3.12. The molecular weight excluding hydrogens is 146 g/mol. The van der Waals surface area contributed by atoms with Gasteiger partial charge in [-0.15, -0.1) is 0 Å². The highest BCUT2D eigenvalue weighted by Crippen LogP contribution is 2.35. The lowest BCUT2D eigenvalue weighted by Crippen LogP contribution is -2.26. The Bertz CT molecular complexity index is 181. The molecule has 1 saturated heterocycles. The highest BCUT2D eigenvalue weighted by molar-refractivity contribution is 5.02. The normalized spacial score (nSPS) is 35.5. The minimum atomic E-state index is 0.464. The maximum Gasteiger partial charge on any atom is 0.0234 e. The zero-order valence-electron chi connectivity index (χ0n) is 8.78. The van der Waals surface area contributed by atoms with Gasteiger partial charge in [-0.05, 0) is 31.1 Å². The summed E-state index contributed by atoms with van der Waals surface area (Å²) < 4.78 is 0. The van der Waals surface area contributed by atoms with Gasteiger partial charge in [-0.2, -0.15) is 0 Å². The van der Waals surface area contributed by atoms with Crippen LogP contribution in [-0.2, 0) is 0 Å². The minimum Gasteiger partial charge on any atom is -0.386 e. The van der Waals surface area contributed by atoms with E-state index in [0.29, 0.717) is 17.4 Å². The van der Waals surface area contributed by atoms with Crippen molar-refractivity contribution in [2.45, 2.75) is 46.6 Å². The molecule has 0 saturated carbocycles. The van der Waals surface area contributed by atoms with Gasteiger partial charge in [0.05, 0.1) is 0 Å². The molecule has 1 rings (SSSR count). The van der Waals surface area contributed by atoms with Gasteiger partial charge >= 0.3 is 0 Å². The van der Waals surface area contributed by atoms with E-state index in [1.807, 2.05) is 0 Å². The number of nitrogens with one attached hydrogen (secondary N) is 1. The molecular formula is C11H21N.